The second kappa shape index (κ2) is 9.20. The van der Waals surface area contributed by atoms with E-state index >= 15 is 0 Å². The average Bonchev–Trinajstić information content (AvgIpc) is 3.56. The minimum atomic E-state index is -2.10. The van der Waals surface area contributed by atoms with Crippen LogP contribution in [0.15, 0.2) is 6.33 Å². The molecule has 4 unspecified atom stereocenters. The maximum atomic E-state index is 12.7. The van der Waals surface area contributed by atoms with Crippen LogP contribution in [0.4, 0.5) is 10.6 Å². The third-order valence-corrected chi connectivity index (χ3v) is 7.24. The van der Waals surface area contributed by atoms with Crippen LogP contribution in [0.1, 0.15) is 37.9 Å². The number of anilines is 1. The summed E-state index contributed by atoms with van der Waals surface area (Å²) < 4.78 is 11.9. The zero-order chi connectivity index (χ0) is 25.6. The van der Waals surface area contributed by atoms with E-state index in [2.05, 4.69) is 26.8 Å². The molecule has 4 atom stereocenters. The van der Waals surface area contributed by atoms with E-state index in [0.717, 1.165) is 25.7 Å². The van der Waals surface area contributed by atoms with Crippen LogP contribution >= 0.6 is 0 Å². The van der Waals surface area contributed by atoms with Crippen molar-refractivity contribution < 1.29 is 29.3 Å². The van der Waals surface area contributed by atoms with Gasteiger partial charge < -0.3 is 36.1 Å². The number of carbonyl (C=O) groups excluding carboxylic acids is 2. The van der Waals surface area contributed by atoms with Crippen molar-refractivity contribution in [3.05, 3.63) is 12.2 Å². The number of nitrogen functional groups attached to an aromatic ring is 1. The van der Waals surface area contributed by atoms with Gasteiger partial charge in [0.25, 0.3) is 11.6 Å². The number of imidazole rings is 1. The van der Waals surface area contributed by atoms with Crippen LogP contribution in [0.25, 0.3) is 11.2 Å². The Morgan fingerprint density at radius 1 is 1.25 bits per heavy atom. The number of nitrogens with two attached hydrogens (primary N) is 2. The molecular weight excluding hydrogens is 470 g/mol. The van der Waals surface area contributed by atoms with Crippen LogP contribution < -0.4 is 11.5 Å². The fourth-order valence-corrected chi connectivity index (χ4v) is 5.02. The van der Waals surface area contributed by atoms with Crippen molar-refractivity contribution in [2.45, 2.75) is 56.1 Å². The van der Waals surface area contributed by atoms with Gasteiger partial charge in [0, 0.05) is 19.5 Å². The molecule has 1 saturated carbocycles. The van der Waals surface area contributed by atoms with Gasteiger partial charge in [0.05, 0.1) is 13.2 Å². The van der Waals surface area contributed by atoms with Gasteiger partial charge in [-0.25, -0.2) is 19.7 Å². The zero-order valence-electron chi connectivity index (χ0n) is 19.8. The minimum Gasteiger partial charge on any atom is -0.453 e. The molecule has 2 aromatic heterocycles. The Morgan fingerprint density at radius 2 is 1.97 bits per heavy atom. The molecule has 2 amide bonds. The molecule has 1 aliphatic carbocycles. The molecule has 3 fully saturated rings. The Balaban J connectivity index is 1.40. The summed E-state index contributed by atoms with van der Waals surface area (Å²) in [7, 11) is 1.37. The average molecular weight is 500 g/mol. The van der Waals surface area contributed by atoms with Crippen molar-refractivity contribution in [3.8, 4) is 11.8 Å². The molecular formula is C23H29N7O6. The van der Waals surface area contributed by atoms with Crippen molar-refractivity contribution >= 4 is 29.0 Å². The van der Waals surface area contributed by atoms with Gasteiger partial charge in [-0.1, -0.05) is 5.92 Å². The Kier molecular flexibility index (Phi) is 6.19. The highest BCUT2D eigenvalue weighted by atomic mass is 16.6. The van der Waals surface area contributed by atoms with Gasteiger partial charge in [-0.15, -0.1) is 0 Å². The lowest BCUT2D eigenvalue weighted by Crippen LogP contribution is -2.54. The number of aliphatic hydroxyl groups is 2. The summed E-state index contributed by atoms with van der Waals surface area (Å²) in [6.45, 7) is 1.22. The predicted octanol–water partition coefficient (Wildman–Crippen LogP) is -0.703. The normalized spacial score (nSPS) is 28.6. The fourth-order valence-electron chi connectivity index (χ4n) is 5.02. The van der Waals surface area contributed by atoms with Crippen molar-refractivity contribution in [1.82, 2.24) is 24.4 Å². The fraction of sp³-hybridized carbons (Fsp3) is 0.609. The Hall–Kier alpha value is -3.47. The zero-order valence-corrected chi connectivity index (χ0v) is 19.8. The summed E-state index contributed by atoms with van der Waals surface area (Å²) in [5, 5.41) is 21.5. The van der Waals surface area contributed by atoms with Gasteiger partial charge >= 0.3 is 6.09 Å². The number of aromatic nitrogens is 4. The Labute approximate surface area is 206 Å². The second-order valence-electron chi connectivity index (χ2n) is 9.54. The molecule has 2 saturated heterocycles. The van der Waals surface area contributed by atoms with E-state index in [4.69, 9.17) is 20.9 Å². The molecule has 6 N–H and O–H groups in total. The molecule has 4 heterocycles. The summed E-state index contributed by atoms with van der Waals surface area (Å²) in [6.07, 6.45) is 1.10. The number of methoxy groups -OCH3 is 1. The number of rotatable bonds is 4. The van der Waals surface area contributed by atoms with Crippen molar-refractivity contribution in [2.24, 2.45) is 17.6 Å². The number of primary amides is 1. The van der Waals surface area contributed by atoms with E-state index < -0.39 is 29.9 Å². The molecule has 192 valence electrons. The van der Waals surface area contributed by atoms with E-state index in [0.29, 0.717) is 25.4 Å². The van der Waals surface area contributed by atoms with Crippen LogP contribution in [0.2, 0.25) is 0 Å². The SMILES string of the molecule is COC(=O)N1CCC(CC#Cc2nc(N)c3ncn(C4(C(N)=O)OC(C5CC5)C(O)C4O)c3n2)CC1. The van der Waals surface area contributed by atoms with Gasteiger partial charge in [-0.3, -0.25) is 9.36 Å². The maximum Gasteiger partial charge on any atom is 0.409 e. The lowest BCUT2D eigenvalue weighted by Gasteiger charge is -2.30. The number of amides is 2. The van der Waals surface area contributed by atoms with Crippen LogP contribution in [-0.4, -0.2) is 85.1 Å². The number of nitrogens with zero attached hydrogens (tertiary/aromatic N) is 5. The highest BCUT2D eigenvalue weighted by molar-refractivity contribution is 5.87. The summed E-state index contributed by atoms with van der Waals surface area (Å²) in [5.41, 5.74) is 10.0. The molecule has 5 rings (SSSR count). The molecule has 0 spiro atoms. The molecule has 0 bridgehead atoms. The Morgan fingerprint density at radius 3 is 2.61 bits per heavy atom. The molecule has 2 aliphatic heterocycles. The molecule has 13 nitrogen and oxygen atoms in total. The summed E-state index contributed by atoms with van der Waals surface area (Å²) in [4.78, 5) is 38.8. The molecule has 0 aromatic carbocycles. The van der Waals surface area contributed by atoms with E-state index in [1.54, 1.807) is 4.90 Å². The Bertz CT molecular complexity index is 1240. The van der Waals surface area contributed by atoms with Crippen molar-refractivity contribution in [3.63, 3.8) is 0 Å². The lowest BCUT2D eigenvalue weighted by atomic mass is 9.94. The lowest BCUT2D eigenvalue weighted by molar-refractivity contribution is -0.172. The monoisotopic (exact) mass is 499 g/mol. The number of ether oxygens (including phenoxy) is 2. The predicted molar refractivity (Wildman–Crippen MR) is 125 cm³/mol. The first-order chi connectivity index (χ1) is 17.3. The number of piperidine rings is 1. The second-order valence-corrected chi connectivity index (χ2v) is 9.54. The van der Waals surface area contributed by atoms with Crippen LogP contribution in [-0.2, 0) is 20.0 Å². The van der Waals surface area contributed by atoms with Gasteiger partial charge in [0.1, 0.15) is 24.1 Å². The van der Waals surface area contributed by atoms with Crippen LogP contribution in [0, 0.1) is 23.7 Å². The third-order valence-electron chi connectivity index (χ3n) is 7.24. The summed E-state index contributed by atoms with van der Waals surface area (Å²) >= 11 is 0. The minimum absolute atomic E-state index is 0.0336. The summed E-state index contributed by atoms with van der Waals surface area (Å²) in [5.74, 6) is 5.49. The first kappa shape index (κ1) is 24.2. The molecule has 2 aromatic rings. The number of fused-ring (bicyclic) bond motifs is 1. The van der Waals surface area contributed by atoms with Crippen LogP contribution in [0.3, 0.4) is 0 Å². The van der Waals surface area contributed by atoms with Gasteiger partial charge in [-0.2, -0.15) is 0 Å². The van der Waals surface area contributed by atoms with E-state index in [1.165, 1.54) is 18.0 Å². The molecule has 13 heteroatoms. The van der Waals surface area contributed by atoms with Gasteiger partial charge in [0.15, 0.2) is 11.5 Å². The third kappa shape index (κ3) is 4.01. The first-order valence-corrected chi connectivity index (χ1v) is 11.9. The number of hydrogen-bond donors (Lipinski definition) is 4. The van der Waals surface area contributed by atoms with Gasteiger partial charge in [0.2, 0.25) is 5.82 Å². The number of hydrogen-bond acceptors (Lipinski definition) is 10. The number of aliphatic hydroxyl groups excluding tert-OH is 2. The molecule has 36 heavy (non-hydrogen) atoms. The standard InChI is InChI=1S/C23H29N7O6/c1-35-22(34)29-9-7-12(8-10-29)3-2-4-14-27-19(24)15-20(28-14)30(11-26-15)23(21(25)33)18(32)16(31)17(36-23)13-5-6-13/h11-13,16-18,31-32H,3,5-10H2,1H3,(H2,25,33)(H2,24,27,28). The highest BCUT2D eigenvalue weighted by Gasteiger charge is 2.63. The molecule has 0 radical (unpaired) electrons. The first-order valence-electron chi connectivity index (χ1n) is 11.9. The molecule has 3 aliphatic rings. The van der Waals surface area contributed by atoms with E-state index in [9.17, 15) is 19.8 Å². The highest BCUT2D eigenvalue weighted by Crippen LogP contribution is 2.46. The maximum absolute atomic E-state index is 12.7. The van der Waals surface area contributed by atoms with Crippen molar-refractivity contribution in [1.29, 1.82) is 0 Å². The quantitative estimate of drug-likeness (QED) is 0.391. The van der Waals surface area contributed by atoms with E-state index in [-0.39, 0.29) is 34.8 Å². The van der Waals surface area contributed by atoms with Crippen LogP contribution in [0.5, 0.6) is 0 Å². The smallest absolute Gasteiger partial charge is 0.409 e. The van der Waals surface area contributed by atoms with Gasteiger partial charge in [-0.05, 0) is 43.4 Å². The summed E-state index contributed by atoms with van der Waals surface area (Å²) in [6, 6.07) is 0. The van der Waals surface area contributed by atoms with Crippen molar-refractivity contribution in [2.75, 3.05) is 25.9 Å². The van der Waals surface area contributed by atoms with E-state index in [1.807, 2.05) is 0 Å². The largest absolute Gasteiger partial charge is 0.453 e. The number of likely N-dealkylation sites (tertiary alicyclic amines) is 1. The number of carbonyl (C=O) groups is 2. The topological polar surface area (TPSA) is 192 Å².